The summed E-state index contributed by atoms with van der Waals surface area (Å²) in [5.74, 6) is 1.48. The van der Waals surface area contributed by atoms with Crippen LogP contribution in [0.1, 0.15) is 30.5 Å². The Labute approximate surface area is 134 Å². The van der Waals surface area contributed by atoms with E-state index in [9.17, 15) is 0 Å². The third-order valence-corrected chi connectivity index (χ3v) is 4.43. The number of benzene rings is 1. The maximum absolute atomic E-state index is 5.99. The van der Waals surface area contributed by atoms with Gasteiger partial charge in [0.2, 0.25) is 5.88 Å². The predicted octanol–water partition coefficient (Wildman–Crippen LogP) is 4.75. The van der Waals surface area contributed by atoms with Crippen LogP contribution in [0.4, 0.5) is 0 Å². The highest BCUT2D eigenvalue weighted by atomic mass is 79.9. The highest BCUT2D eigenvalue weighted by molar-refractivity contribution is 9.10. The van der Waals surface area contributed by atoms with Crippen LogP contribution >= 0.6 is 15.9 Å². The number of pyridine rings is 1. The van der Waals surface area contributed by atoms with Crippen molar-refractivity contribution in [1.82, 2.24) is 10.3 Å². The molecule has 0 saturated carbocycles. The number of ether oxygens (including phenoxy) is 1. The highest BCUT2D eigenvalue weighted by Crippen LogP contribution is 2.29. The zero-order valence-corrected chi connectivity index (χ0v) is 14.5. The molecule has 0 aliphatic rings. The molecule has 1 heterocycles. The van der Waals surface area contributed by atoms with Gasteiger partial charge >= 0.3 is 0 Å². The number of halogens is 1. The molecule has 3 nitrogen and oxygen atoms in total. The monoisotopic (exact) mass is 348 g/mol. The fourth-order valence-electron chi connectivity index (χ4n) is 2.04. The predicted molar refractivity (Wildman–Crippen MR) is 89.9 cm³/mol. The molecule has 0 fully saturated rings. The van der Waals surface area contributed by atoms with Gasteiger partial charge in [0.05, 0.1) is 0 Å². The Morgan fingerprint density at radius 2 is 1.90 bits per heavy atom. The summed E-state index contributed by atoms with van der Waals surface area (Å²) < 4.78 is 7.11. The minimum Gasteiger partial charge on any atom is -0.439 e. The van der Waals surface area contributed by atoms with Gasteiger partial charge in [-0.2, -0.15) is 0 Å². The molecule has 0 bridgehead atoms. The Morgan fingerprint density at radius 3 is 2.52 bits per heavy atom. The van der Waals surface area contributed by atoms with Crippen molar-refractivity contribution in [2.75, 3.05) is 0 Å². The van der Waals surface area contributed by atoms with Crippen molar-refractivity contribution in [3.8, 4) is 11.6 Å². The largest absolute Gasteiger partial charge is 0.439 e. The van der Waals surface area contributed by atoms with Crippen LogP contribution in [0.3, 0.4) is 0 Å². The maximum atomic E-state index is 5.99. The van der Waals surface area contributed by atoms with Crippen molar-refractivity contribution >= 4 is 15.9 Å². The quantitative estimate of drug-likeness (QED) is 0.846. The van der Waals surface area contributed by atoms with E-state index in [0.717, 1.165) is 33.5 Å². The van der Waals surface area contributed by atoms with Crippen molar-refractivity contribution in [3.63, 3.8) is 0 Å². The number of nitrogens with one attached hydrogen (secondary N) is 1. The SMILES string of the molecule is Cc1cc(Oc2ncccc2CNC(C)C)cc(C)c1Br. The molecule has 112 valence electrons. The zero-order valence-electron chi connectivity index (χ0n) is 12.9. The van der Waals surface area contributed by atoms with E-state index in [1.165, 1.54) is 0 Å². The van der Waals surface area contributed by atoms with Gasteiger partial charge in [-0.25, -0.2) is 4.98 Å². The average Bonchev–Trinajstić information content (AvgIpc) is 2.43. The third kappa shape index (κ3) is 4.29. The lowest BCUT2D eigenvalue weighted by Gasteiger charge is -2.13. The Bertz CT molecular complexity index is 603. The molecule has 4 heteroatoms. The molecule has 2 aromatic rings. The maximum Gasteiger partial charge on any atom is 0.223 e. The molecule has 1 aromatic heterocycles. The second-order valence-corrected chi connectivity index (χ2v) is 6.27. The zero-order chi connectivity index (χ0) is 15.4. The Kier molecular flexibility index (Phi) is 5.37. The van der Waals surface area contributed by atoms with Gasteiger partial charge in [-0.1, -0.05) is 35.8 Å². The molecule has 1 aromatic carbocycles. The van der Waals surface area contributed by atoms with Crippen LogP contribution < -0.4 is 10.1 Å². The van der Waals surface area contributed by atoms with Gasteiger partial charge in [-0.05, 0) is 43.2 Å². The van der Waals surface area contributed by atoms with Crippen LogP contribution in [0.15, 0.2) is 34.9 Å². The van der Waals surface area contributed by atoms with E-state index in [4.69, 9.17) is 4.74 Å². The average molecular weight is 349 g/mol. The fourth-order valence-corrected chi connectivity index (χ4v) is 2.27. The lowest BCUT2D eigenvalue weighted by Crippen LogP contribution is -2.22. The van der Waals surface area contributed by atoms with E-state index >= 15 is 0 Å². The molecular formula is C17H21BrN2O. The number of aryl methyl sites for hydroxylation is 2. The van der Waals surface area contributed by atoms with E-state index in [-0.39, 0.29) is 0 Å². The number of nitrogens with zero attached hydrogens (tertiary/aromatic N) is 1. The summed E-state index contributed by atoms with van der Waals surface area (Å²) in [6.07, 6.45) is 1.76. The first kappa shape index (κ1) is 16.0. The molecule has 2 rings (SSSR count). The third-order valence-electron chi connectivity index (χ3n) is 3.18. The van der Waals surface area contributed by atoms with E-state index in [0.29, 0.717) is 11.9 Å². The second kappa shape index (κ2) is 7.05. The second-order valence-electron chi connectivity index (χ2n) is 5.48. The number of rotatable bonds is 5. The molecule has 0 unspecified atom stereocenters. The molecule has 21 heavy (non-hydrogen) atoms. The van der Waals surface area contributed by atoms with E-state index < -0.39 is 0 Å². The first-order valence-electron chi connectivity index (χ1n) is 7.09. The van der Waals surface area contributed by atoms with Gasteiger partial charge in [0.25, 0.3) is 0 Å². The van der Waals surface area contributed by atoms with E-state index in [1.807, 2.05) is 24.3 Å². The lowest BCUT2D eigenvalue weighted by atomic mass is 10.1. The van der Waals surface area contributed by atoms with Gasteiger partial charge in [0.15, 0.2) is 0 Å². The van der Waals surface area contributed by atoms with Crippen LogP contribution in [0.2, 0.25) is 0 Å². The molecular weight excluding hydrogens is 328 g/mol. The van der Waals surface area contributed by atoms with E-state index in [2.05, 4.69) is 53.9 Å². The molecule has 0 spiro atoms. The highest BCUT2D eigenvalue weighted by Gasteiger charge is 2.09. The fraction of sp³-hybridized carbons (Fsp3) is 0.353. The van der Waals surface area contributed by atoms with Gasteiger partial charge in [0.1, 0.15) is 5.75 Å². The minimum atomic E-state index is 0.426. The number of aromatic nitrogens is 1. The van der Waals surface area contributed by atoms with Crippen molar-refractivity contribution in [1.29, 1.82) is 0 Å². The van der Waals surface area contributed by atoms with Crippen LogP contribution in [0.25, 0.3) is 0 Å². The Balaban J connectivity index is 2.23. The molecule has 0 atom stereocenters. The van der Waals surface area contributed by atoms with Crippen molar-refractivity contribution < 1.29 is 4.74 Å². The first-order valence-corrected chi connectivity index (χ1v) is 7.88. The van der Waals surface area contributed by atoms with Gasteiger partial charge in [0, 0.05) is 28.8 Å². The smallest absolute Gasteiger partial charge is 0.223 e. The molecule has 0 aliphatic carbocycles. The molecule has 0 radical (unpaired) electrons. The summed E-state index contributed by atoms with van der Waals surface area (Å²) in [5.41, 5.74) is 3.37. The van der Waals surface area contributed by atoms with Crippen molar-refractivity contribution in [3.05, 3.63) is 51.6 Å². The van der Waals surface area contributed by atoms with Crippen molar-refractivity contribution in [2.24, 2.45) is 0 Å². The molecule has 0 amide bonds. The number of hydrogen-bond acceptors (Lipinski definition) is 3. The topological polar surface area (TPSA) is 34.1 Å². The van der Waals surface area contributed by atoms with E-state index in [1.54, 1.807) is 6.20 Å². The van der Waals surface area contributed by atoms with Gasteiger partial charge in [-0.15, -0.1) is 0 Å². The van der Waals surface area contributed by atoms with Crippen LogP contribution in [-0.4, -0.2) is 11.0 Å². The van der Waals surface area contributed by atoms with Crippen LogP contribution in [0.5, 0.6) is 11.6 Å². The molecule has 0 aliphatic heterocycles. The lowest BCUT2D eigenvalue weighted by molar-refractivity contribution is 0.449. The number of hydrogen-bond donors (Lipinski definition) is 1. The van der Waals surface area contributed by atoms with Crippen LogP contribution in [-0.2, 0) is 6.54 Å². The Hall–Kier alpha value is -1.39. The summed E-state index contributed by atoms with van der Waals surface area (Å²) in [5, 5.41) is 3.39. The molecule has 1 N–H and O–H groups in total. The summed E-state index contributed by atoms with van der Waals surface area (Å²) in [6.45, 7) is 9.11. The van der Waals surface area contributed by atoms with Gasteiger partial charge < -0.3 is 10.1 Å². The van der Waals surface area contributed by atoms with Crippen LogP contribution in [0, 0.1) is 13.8 Å². The summed E-state index contributed by atoms with van der Waals surface area (Å²) in [4.78, 5) is 4.36. The normalized spacial score (nSPS) is 11.0. The van der Waals surface area contributed by atoms with Crippen molar-refractivity contribution in [2.45, 2.75) is 40.3 Å². The van der Waals surface area contributed by atoms with Gasteiger partial charge in [-0.3, -0.25) is 0 Å². The summed E-state index contributed by atoms with van der Waals surface area (Å²) in [6, 6.07) is 8.44. The first-order chi connectivity index (χ1) is 9.97. The summed E-state index contributed by atoms with van der Waals surface area (Å²) in [7, 11) is 0. The standard InChI is InChI=1S/C17H21BrN2O/c1-11(2)20-10-14-6-5-7-19-17(14)21-15-8-12(3)16(18)13(4)9-15/h5-9,11,20H,10H2,1-4H3. The Morgan fingerprint density at radius 1 is 1.24 bits per heavy atom. The molecule has 0 saturated heterocycles. The summed E-state index contributed by atoms with van der Waals surface area (Å²) >= 11 is 3.57. The minimum absolute atomic E-state index is 0.426.